The number of hydrogen-bond donors (Lipinski definition) is 2. The molecular formula is C13H14N4O4. The molecule has 8 heteroatoms. The van der Waals surface area contributed by atoms with E-state index >= 15 is 0 Å². The van der Waals surface area contributed by atoms with Crippen molar-refractivity contribution in [1.82, 2.24) is 15.2 Å². The van der Waals surface area contributed by atoms with Crippen molar-refractivity contribution in [3.8, 4) is 5.75 Å². The molecule has 1 aromatic heterocycles. The monoisotopic (exact) mass is 290 g/mol. The van der Waals surface area contributed by atoms with Gasteiger partial charge in [-0.3, -0.25) is 14.5 Å². The average molecular weight is 290 g/mol. The molecular weight excluding hydrogens is 276 g/mol. The van der Waals surface area contributed by atoms with Crippen LogP contribution >= 0.6 is 0 Å². The van der Waals surface area contributed by atoms with Crippen LogP contribution in [0.2, 0.25) is 0 Å². The summed E-state index contributed by atoms with van der Waals surface area (Å²) < 4.78 is 5.15. The van der Waals surface area contributed by atoms with Crippen molar-refractivity contribution in [3.63, 3.8) is 0 Å². The van der Waals surface area contributed by atoms with Crippen LogP contribution in [0.3, 0.4) is 0 Å². The van der Waals surface area contributed by atoms with Gasteiger partial charge in [0.05, 0.1) is 19.1 Å². The van der Waals surface area contributed by atoms with Crippen LogP contribution in [0, 0.1) is 0 Å². The van der Waals surface area contributed by atoms with Crippen molar-refractivity contribution in [2.24, 2.45) is 0 Å². The Morgan fingerprint density at radius 2 is 2.14 bits per heavy atom. The summed E-state index contributed by atoms with van der Waals surface area (Å²) in [6, 6.07) is 6.70. The molecule has 8 nitrogen and oxygen atoms in total. The van der Waals surface area contributed by atoms with E-state index in [9.17, 15) is 9.59 Å². The van der Waals surface area contributed by atoms with E-state index in [0.717, 1.165) is 0 Å². The van der Waals surface area contributed by atoms with Crippen LogP contribution in [0.4, 0.5) is 5.95 Å². The molecule has 0 atom stereocenters. The van der Waals surface area contributed by atoms with E-state index in [0.29, 0.717) is 11.3 Å². The summed E-state index contributed by atoms with van der Waals surface area (Å²) in [6.45, 7) is -0.0264. The summed E-state index contributed by atoms with van der Waals surface area (Å²) in [6.07, 6.45) is 1.04. The van der Waals surface area contributed by atoms with Crippen LogP contribution < -0.4 is 9.64 Å². The third-order valence-electron chi connectivity index (χ3n) is 2.79. The molecule has 0 fully saturated rings. The number of nitrogens with one attached hydrogen (secondary N) is 1. The lowest BCUT2D eigenvalue weighted by Gasteiger charge is -2.19. The SMILES string of the molecule is COc1ccccc1C(=O)N(CCC(=O)O)c1ncn[nH]1. The van der Waals surface area contributed by atoms with Crippen LogP contribution in [-0.2, 0) is 4.79 Å². The van der Waals surface area contributed by atoms with Gasteiger partial charge in [0.1, 0.15) is 12.1 Å². The second kappa shape index (κ2) is 6.51. The van der Waals surface area contributed by atoms with Gasteiger partial charge < -0.3 is 9.84 Å². The van der Waals surface area contributed by atoms with Crippen LogP contribution in [0.25, 0.3) is 0 Å². The maximum Gasteiger partial charge on any atom is 0.305 e. The maximum atomic E-state index is 12.6. The van der Waals surface area contributed by atoms with E-state index in [1.54, 1.807) is 24.3 Å². The van der Waals surface area contributed by atoms with Gasteiger partial charge in [0.25, 0.3) is 5.91 Å². The lowest BCUT2D eigenvalue weighted by atomic mass is 10.1. The fraction of sp³-hybridized carbons (Fsp3) is 0.231. The molecule has 0 saturated carbocycles. The number of amides is 1. The molecule has 0 unspecified atom stereocenters. The topological polar surface area (TPSA) is 108 Å². The molecule has 2 rings (SSSR count). The van der Waals surface area contributed by atoms with Crippen LogP contribution in [0.1, 0.15) is 16.8 Å². The van der Waals surface area contributed by atoms with Crippen molar-refractivity contribution in [2.45, 2.75) is 6.42 Å². The highest BCUT2D eigenvalue weighted by Crippen LogP contribution is 2.21. The first-order valence-corrected chi connectivity index (χ1v) is 6.15. The molecule has 1 aromatic carbocycles. The number of rotatable bonds is 6. The number of aromatic amines is 1. The maximum absolute atomic E-state index is 12.6. The van der Waals surface area contributed by atoms with Gasteiger partial charge in [0, 0.05) is 6.54 Å². The zero-order chi connectivity index (χ0) is 15.2. The predicted octanol–water partition coefficient (Wildman–Crippen LogP) is 0.935. The van der Waals surface area contributed by atoms with Gasteiger partial charge in [-0.25, -0.2) is 5.10 Å². The Kier molecular flexibility index (Phi) is 4.50. The van der Waals surface area contributed by atoms with Crippen molar-refractivity contribution >= 4 is 17.8 Å². The largest absolute Gasteiger partial charge is 0.496 e. The number of aliphatic carboxylic acids is 1. The van der Waals surface area contributed by atoms with Gasteiger partial charge in [0.15, 0.2) is 0 Å². The van der Waals surface area contributed by atoms with Crippen LogP contribution in [-0.4, -0.2) is 45.8 Å². The summed E-state index contributed by atoms with van der Waals surface area (Å²) in [7, 11) is 1.46. The molecule has 0 saturated heterocycles. The van der Waals surface area contributed by atoms with E-state index in [2.05, 4.69) is 15.2 Å². The molecule has 0 bridgehead atoms. The van der Waals surface area contributed by atoms with E-state index in [1.807, 2.05) is 0 Å². The molecule has 2 N–H and O–H groups in total. The number of carboxylic acid groups (broad SMARTS) is 1. The number of aromatic nitrogens is 3. The summed E-state index contributed by atoms with van der Waals surface area (Å²) >= 11 is 0. The Hall–Kier alpha value is -2.90. The summed E-state index contributed by atoms with van der Waals surface area (Å²) in [5.74, 6) is -0.827. The highest BCUT2D eigenvalue weighted by atomic mass is 16.5. The van der Waals surface area contributed by atoms with Gasteiger partial charge in [-0.1, -0.05) is 12.1 Å². The molecule has 0 spiro atoms. The minimum atomic E-state index is -1.01. The van der Waals surface area contributed by atoms with E-state index in [4.69, 9.17) is 9.84 Å². The standard InChI is InChI=1S/C13H14N4O4/c1-21-10-5-3-2-4-9(10)12(20)17(7-6-11(18)19)13-14-8-15-16-13/h2-5,8H,6-7H2,1H3,(H,18,19)(H,14,15,16). The second-order valence-corrected chi connectivity index (χ2v) is 4.11. The smallest absolute Gasteiger partial charge is 0.305 e. The third kappa shape index (κ3) is 3.35. The third-order valence-corrected chi connectivity index (χ3v) is 2.79. The number of para-hydroxylation sites is 1. The summed E-state index contributed by atoms with van der Waals surface area (Å²) in [5.41, 5.74) is 0.321. The second-order valence-electron chi connectivity index (χ2n) is 4.11. The Bertz CT molecular complexity index is 627. The van der Waals surface area contributed by atoms with Gasteiger partial charge in [-0.05, 0) is 12.1 Å². The molecule has 0 aliphatic rings. The molecule has 21 heavy (non-hydrogen) atoms. The quantitative estimate of drug-likeness (QED) is 0.819. The van der Waals surface area contributed by atoms with Crippen molar-refractivity contribution in [3.05, 3.63) is 36.2 Å². The number of benzene rings is 1. The number of methoxy groups -OCH3 is 1. The van der Waals surface area contributed by atoms with E-state index in [1.165, 1.54) is 18.3 Å². The lowest BCUT2D eigenvalue weighted by molar-refractivity contribution is -0.136. The minimum absolute atomic E-state index is 0.0264. The number of anilines is 1. The Balaban J connectivity index is 2.31. The zero-order valence-corrected chi connectivity index (χ0v) is 11.3. The zero-order valence-electron chi connectivity index (χ0n) is 11.3. The summed E-state index contributed by atoms with van der Waals surface area (Å²) in [4.78, 5) is 28.5. The van der Waals surface area contributed by atoms with Crippen molar-refractivity contribution in [2.75, 3.05) is 18.6 Å². The van der Waals surface area contributed by atoms with Crippen molar-refractivity contribution in [1.29, 1.82) is 0 Å². The number of carbonyl (C=O) groups excluding carboxylic acids is 1. The first-order chi connectivity index (χ1) is 10.1. The van der Waals surface area contributed by atoms with Crippen LogP contribution in [0.5, 0.6) is 5.75 Å². The highest BCUT2D eigenvalue weighted by molar-refractivity contribution is 6.07. The number of carbonyl (C=O) groups is 2. The van der Waals surface area contributed by atoms with Gasteiger partial charge >= 0.3 is 5.97 Å². The molecule has 1 amide bonds. The van der Waals surface area contributed by atoms with Crippen LogP contribution in [0.15, 0.2) is 30.6 Å². The molecule has 1 heterocycles. The fourth-order valence-corrected chi connectivity index (χ4v) is 1.81. The predicted molar refractivity (Wildman–Crippen MR) is 73.3 cm³/mol. The van der Waals surface area contributed by atoms with Gasteiger partial charge in [-0.2, -0.15) is 10.1 Å². The number of H-pyrrole nitrogens is 1. The minimum Gasteiger partial charge on any atom is -0.496 e. The van der Waals surface area contributed by atoms with Gasteiger partial charge in [0.2, 0.25) is 5.95 Å². The van der Waals surface area contributed by atoms with E-state index in [-0.39, 0.29) is 18.9 Å². The Labute approximate surface area is 120 Å². The highest BCUT2D eigenvalue weighted by Gasteiger charge is 2.23. The molecule has 0 aliphatic heterocycles. The number of hydrogen-bond acceptors (Lipinski definition) is 5. The fourth-order valence-electron chi connectivity index (χ4n) is 1.81. The molecule has 110 valence electrons. The number of ether oxygens (including phenoxy) is 1. The first-order valence-electron chi connectivity index (χ1n) is 6.15. The molecule has 0 radical (unpaired) electrons. The van der Waals surface area contributed by atoms with Gasteiger partial charge in [-0.15, -0.1) is 0 Å². The Morgan fingerprint density at radius 1 is 1.38 bits per heavy atom. The Morgan fingerprint density at radius 3 is 2.76 bits per heavy atom. The van der Waals surface area contributed by atoms with E-state index < -0.39 is 11.9 Å². The summed E-state index contributed by atoms with van der Waals surface area (Å²) in [5, 5.41) is 15.0. The molecule has 0 aliphatic carbocycles. The lowest BCUT2D eigenvalue weighted by Crippen LogP contribution is -2.34. The first kappa shape index (κ1) is 14.5. The number of nitrogens with zero attached hydrogens (tertiary/aromatic N) is 3. The number of carboxylic acids is 1. The average Bonchev–Trinajstić information content (AvgIpc) is 3.01. The molecule has 2 aromatic rings. The normalized spacial score (nSPS) is 10.1. The van der Waals surface area contributed by atoms with Crippen molar-refractivity contribution < 1.29 is 19.4 Å².